The smallest absolute Gasteiger partial charge is 0.0767 e. The van der Waals surface area contributed by atoms with Crippen LogP contribution in [0.3, 0.4) is 0 Å². The Hall–Kier alpha value is -1.20. The molecule has 0 fully saturated rings. The van der Waals surface area contributed by atoms with Crippen LogP contribution in [0.5, 0.6) is 0 Å². The van der Waals surface area contributed by atoms with Gasteiger partial charge in [-0.15, -0.1) is 0 Å². The molecule has 0 amide bonds. The van der Waals surface area contributed by atoms with Crippen molar-refractivity contribution in [1.82, 2.24) is 19.7 Å². The summed E-state index contributed by atoms with van der Waals surface area (Å²) in [7, 11) is 2.01. The van der Waals surface area contributed by atoms with Gasteiger partial charge < -0.3 is 0 Å². The number of pyridine rings is 1. The van der Waals surface area contributed by atoms with Gasteiger partial charge in [0.05, 0.1) is 15.9 Å². The second-order valence-electron chi connectivity index (χ2n) is 4.84. The summed E-state index contributed by atoms with van der Waals surface area (Å²) in [5.74, 6) is 0. The van der Waals surface area contributed by atoms with E-state index in [1.54, 1.807) is 0 Å². The Kier molecular flexibility index (Phi) is 5.31. The minimum absolute atomic E-state index is 0.892. The van der Waals surface area contributed by atoms with Crippen LogP contribution < -0.4 is 0 Å². The highest BCUT2D eigenvalue weighted by Crippen LogP contribution is 2.23. The molecule has 5 heteroatoms. The number of hydrogen-bond acceptors (Lipinski definition) is 3. The SMILES string of the molecule is CCc1nn(C)c(CN(CC)Cc2ccncc2)c1Br. The van der Waals surface area contributed by atoms with E-state index < -0.39 is 0 Å². The van der Waals surface area contributed by atoms with Crippen molar-refractivity contribution in [2.45, 2.75) is 33.4 Å². The molecule has 0 aliphatic carbocycles. The van der Waals surface area contributed by atoms with Crippen LogP contribution in [0.1, 0.15) is 30.8 Å². The zero-order chi connectivity index (χ0) is 14.5. The zero-order valence-corrected chi connectivity index (χ0v) is 13.9. The average Bonchev–Trinajstić information content (AvgIpc) is 2.74. The van der Waals surface area contributed by atoms with E-state index in [0.29, 0.717) is 0 Å². The predicted octanol–water partition coefficient (Wildman–Crippen LogP) is 3.16. The highest BCUT2D eigenvalue weighted by Gasteiger charge is 2.15. The van der Waals surface area contributed by atoms with E-state index in [1.807, 2.05) is 24.1 Å². The van der Waals surface area contributed by atoms with Gasteiger partial charge >= 0.3 is 0 Å². The monoisotopic (exact) mass is 336 g/mol. The Bertz CT molecular complexity index is 551. The van der Waals surface area contributed by atoms with E-state index >= 15 is 0 Å². The lowest BCUT2D eigenvalue weighted by molar-refractivity contribution is 0.263. The maximum Gasteiger partial charge on any atom is 0.0767 e. The fourth-order valence-electron chi connectivity index (χ4n) is 2.23. The van der Waals surface area contributed by atoms with E-state index in [0.717, 1.165) is 36.2 Å². The Labute approximate surface area is 128 Å². The molecule has 20 heavy (non-hydrogen) atoms. The molecule has 0 spiro atoms. The Morgan fingerprint density at radius 1 is 1.20 bits per heavy atom. The molecule has 0 bridgehead atoms. The van der Waals surface area contributed by atoms with Gasteiger partial charge in [0.1, 0.15) is 0 Å². The fourth-order valence-corrected chi connectivity index (χ4v) is 2.97. The summed E-state index contributed by atoms with van der Waals surface area (Å²) < 4.78 is 3.13. The first kappa shape index (κ1) is 15.2. The predicted molar refractivity (Wildman–Crippen MR) is 84.3 cm³/mol. The molecule has 2 rings (SSSR count). The number of aromatic nitrogens is 3. The first-order valence-corrected chi connectivity index (χ1v) is 7.76. The van der Waals surface area contributed by atoms with Crippen molar-refractivity contribution in [1.29, 1.82) is 0 Å². The highest BCUT2D eigenvalue weighted by molar-refractivity contribution is 9.10. The highest BCUT2D eigenvalue weighted by atomic mass is 79.9. The summed E-state index contributed by atoms with van der Waals surface area (Å²) in [6, 6.07) is 4.14. The van der Waals surface area contributed by atoms with E-state index in [-0.39, 0.29) is 0 Å². The van der Waals surface area contributed by atoms with Gasteiger partial charge in [-0.3, -0.25) is 14.6 Å². The molecule has 2 aromatic rings. The van der Waals surface area contributed by atoms with Crippen LogP contribution >= 0.6 is 15.9 Å². The summed E-state index contributed by atoms with van der Waals surface area (Å²) in [5, 5.41) is 4.56. The Morgan fingerprint density at radius 3 is 2.45 bits per heavy atom. The molecule has 2 aromatic heterocycles. The van der Waals surface area contributed by atoms with Crippen molar-refractivity contribution >= 4 is 15.9 Å². The van der Waals surface area contributed by atoms with Gasteiger partial charge in [-0.1, -0.05) is 13.8 Å². The van der Waals surface area contributed by atoms with Crippen molar-refractivity contribution in [2.75, 3.05) is 6.54 Å². The van der Waals surface area contributed by atoms with Crippen LogP contribution in [-0.4, -0.2) is 26.2 Å². The molecule has 0 aromatic carbocycles. The van der Waals surface area contributed by atoms with Gasteiger partial charge in [-0.2, -0.15) is 5.10 Å². The molecular weight excluding hydrogens is 316 g/mol. The van der Waals surface area contributed by atoms with Gasteiger partial charge in [-0.05, 0) is 46.6 Å². The molecular formula is C15H21BrN4. The summed E-state index contributed by atoms with van der Waals surface area (Å²) >= 11 is 3.69. The van der Waals surface area contributed by atoms with Crippen molar-refractivity contribution in [2.24, 2.45) is 7.05 Å². The quantitative estimate of drug-likeness (QED) is 0.812. The Balaban J connectivity index is 2.12. The number of hydrogen-bond donors (Lipinski definition) is 0. The third-order valence-electron chi connectivity index (χ3n) is 3.48. The van der Waals surface area contributed by atoms with Gasteiger partial charge in [0.15, 0.2) is 0 Å². The third-order valence-corrected chi connectivity index (χ3v) is 4.39. The van der Waals surface area contributed by atoms with Gasteiger partial charge in [0, 0.05) is 32.5 Å². The minimum atomic E-state index is 0.892. The molecule has 4 nitrogen and oxygen atoms in total. The number of aryl methyl sites for hydroxylation is 2. The molecule has 0 radical (unpaired) electrons. The third kappa shape index (κ3) is 3.46. The maximum absolute atomic E-state index is 4.56. The van der Waals surface area contributed by atoms with Crippen LogP contribution in [-0.2, 0) is 26.6 Å². The van der Waals surface area contributed by atoms with E-state index in [1.165, 1.54) is 11.3 Å². The van der Waals surface area contributed by atoms with Crippen LogP contribution in [0.15, 0.2) is 29.0 Å². The van der Waals surface area contributed by atoms with Crippen LogP contribution in [0.2, 0.25) is 0 Å². The molecule has 108 valence electrons. The molecule has 0 atom stereocenters. The van der Waals surface area contributed by atoms with Crippen LogP contribution in [0.4, 0.5) is 0 Å². The van der Waals surface area contributed by atoms with E-state index in [2.05, 4.69) is 56.9 Å². The van der Waals surface area contributed by atoms with Gasteiger partial charge in [-0.25, -0.2) is 0 Å². The first-order chi connectivity index (χ1) is 9.65. The standard InChI is InChI=1S/C15H21BrN4/c1-4-13-15(16)14(19(3)18-13)11-20(5-2)10-12-6-8-17-9-7-12/h6-9H,4-5,10-11H2,1-3H3. The van der Waals surface area contributed by atoms with E-state index in [4.69, 9.17) is 0 Å². The van der Waals surface area contributed by atoms with Crippen LogP contribution in [0, 0.1) is 0 Å². The average molecular weight is 337 g/mol. The Morgan fingerprint density at radius 2 is 1.90 bits per heavy atom. The molecule has 0 aliphatic heterocycles. The van der Waals surface area contributed by atoms with Gasteiger partial charge in [0.2, 0.25) is 0 Å². The molecule has 0 saturated carbocycles. The number of nitrogens with zero attached hydrogens (tertiary/aromatic N) is 4. The lowest BCUT2D eigenvalue weighted by atomic mass is 10.2. The zero-order valence-electron chi connectivity index (χ0n) is 12.3. The normalized spacial score (nSPS) is 11.2. The number of halogens is 1. The minimum Gasteiger partial charge on any atom is -0.294 e. The van der Waals surface area contributed by atoms with Crippen molar-refractivity contribution in [3.05, 3.63) is 46.0 Å². The van der Waals surface area contributed by atoms with Crippen molar-refractivity contribution < 1.29 is 0 Å². The van der Waals surface area contributed by atoms with Crippen LogP contribution in [0.25, 0.3) is 0 Å². The summed E-state index contributed by atoms with van der Waals surface area (Å²) in [5.41, 5.74) is 3.65. The molecule has 0 unspecified atom stereocenters. The van der Waals surface area contributed by atoms with Gasteiger partial charge in [0.25, 0.3) is 0 Å². The lowest BCUT2D eigenvalue weighted by Gasteiger charge is -2.20. The first-order valence-electron chi connectivity index (χ1n) is 6.97. The molecule has 0 aliphatic rings. The largest absolute Gasteiger partial charge is 0.294 e. The van der Waals surface area contributed by atoms with E-state index in [9.17, 15) is 0 Å². The topological polar surface area (TPSA) is 34.0 Å². The fraction of sp³-hybridized carbons (Fsp3) is 0.467. The molecule has 0 N–H and O–H groups in total. The summed E-state index contributed by atoms with van der Waals surface area (Å²) in [6.07, 6.45) is 4.64. The molecule has 2 heterocycles. The van der Waals surface area contributed by atoms with Crippen molar-refractivity contribution in [3.63, 3.8) is 0 Å². The summed E-state index contributed by atoms with van der Waals surface area (Å²) in [4.78, 5) is 6.46. The maximum atomic E-state index is 4.56. The second-order valence-corrected chi connectivity index (χ2v) is 5.64. The summed E-state index contributed by atoms with van der Waals surface area (Å²) in [6.45, 7) is 7.14. The molecule has 0 saturated heterocycles. The lowest BCUT2D eigenvalue weighted by Crippen LogP contribution is -2.23. The number of rotatable bonds is 6. The second kappa shape index (κ2) is 6.99. The van der Waals surface area contributed by atoms with Crippen molar-refractivity contribution in [3.8, 4) is 0 Å².